The van der Waals surface area contributed by atoms with E-state index in [1.807, 2.05) is 0 Å². The third-order valence-electron chi connectivity index (χ3n) is 3.26. The molecule has 1 heterocycles. The lowest BCUT2D eigenvalue weighted by atomic mass is 10.2. The average Bonchev–Trinajstić information content (AvgIpc) is 2.63. The monoisotopic (exact) mass is 396 g/mol. The zero-order valence-corrected chi connectivity index (χ0v) is 15.6. The highest BCUT2D eigenvalue weighted by molar-refractivity contribution is 6.36. The topological polar surface area (TPSA) is 77.5 Å². The van der Waals surface area contributed by atoms with Crippen LogP contribution in [0, 0.1) is 0 Å². The standard InChI is InChI=1S/C18H18Cl2N2O4/c1-2-3-8-25-14-6-4-12(5-7-14)18(24)26-11-16(23)22-17-15(20)9-13(19)10-21-17/h4-7,9-10H,2-3,8,11H2,1H3,(H,21,22,23). The number of hydrogen-bond acceptors (Lipinski definition) is 5. The van der Waals surface area contributed by atoms with Gasteiger partial charge in [0.15, 0.2) is 12.4 Å². The molecule has 1 aromatic carbocycles. The van der Waals surface area contributed by atoms with E-state index >= 15 is 0 Å². The van der Waals surface area contributed by atoms with E-state index in [0.717, 1.165) is 12.8 Å². The Bertz CT molecular complexity index is 766. The highest BCUT2D eigenvalue weighted by Crippen LogP contribution is 2.22. The molecule has 1 amide bonds. The number of esters is 1. The number of nitrogens with one attached hydrogen (secondary N) is 1. The van der Waals surface area contributed by atoms with Crippen molar-refractivity contribution in [3.63, 3.8) is 0 Å². The van der Waals surface area contributed by atoms with Crippen LogP contribution < -0.4 is 10.1 Å². The second-order valence-corrected chi connectivity index (χ2v) is 6.18. The summed E-state index contributed by atoms with van der Waals surface area (Å²) < 4.78 is 10.5. The van der Waals surface area contributed by atoms with Crippen molar-refractivity contribution < 1.29 is 19.1 Å². The minimum absolute atomic E-state index is 0.144. The lowest BCUT2D eigenvalue weighted by molar-refractivity contribution is -0.119. The van der Waals surface area contributed by atoms with E-state index in [0.29, 0.717) is 22.9 Å². The molecule has 138 valence electrons. The largest absolute Gasteiger partial charge is 0.494 e. The van der Waals surface area contributed by atoms with E-state index in [-0.39, 0.29) is 10.8 Å². The van der Waals surface area contributed by atoms with Gasteiger partial charge >= 0.3 is 5.97 Å². The summed E-state index contributed by atoms with van der Waals surface area (Å²) in [4.78, 5) is 27.7. The van der Waals surface area contributed by atoms with Crippen LogP contribution >= 0.6 is 23.2 Å². The van der Waals surface area contributed by atoms with E-state index in [1.165, 1.54) is 12.3 Å². The van der Waals surface area contributed by atoms with Crippen LogP contribution in [0.2, 0.25) is 10.0 Å². The van der Waals surface area contributed by atoms with Crippen molar-refractivity contribution in [1.82, 2.24) is 4.98 Å². The fourth-order valence-corrected chi connectivity index (χ4v) is 2.34. The number of unbranched alkanes of at least 4 members (excludes halogenated alkanes) is 1. The van der Waals surface area contributed by atoms with Gasteiger partial charge in [0.25, 0.3) is 5.91 Å². The van der Waals surface area contributed by atoms with Crippen LogP contribution in [0.4, 0.5) is 5.82 Å². The molecule has 1 N–H and O–H groups in total. The molecular formula is C18H18Cl2N2O4. The lowest BCUT2D eigenvalue weighted by Crippen LogP contribution is -2.21. The quantitative estimate of drug-likeness (QED) is 0.529. The lowest BCUT2D eigenvalue weighted by Gasteiger charge is -2.08. The van der Waals surface area contributed by atoms with Gasteiger partial charge in [0.2, 0.25) is 0 Å². The summed E-state index contributed by atoms with van der Waals surface area (Å²) in [6.07, 6.45) is 3.35. The Balaban J connectivity index is 1.82. The number of hydrogen-bond donors (Lipinski definition) is 1. The van der Waals surface area contributed by atoms with E-state index in [2.05, 4.69) is 17.2 Å². The average molecular weight is 397 g/mol. The third-order valence-corrected chi connectivity index (χ3v) is 3.75. The molecule has 26 heavy (non-hydrogen) atoms. The van der Waals surface area contributed by atoms with Gasteiger partial charge in [0, 0.05) is 6.20 Å². The molecule has 0 aliphatic carbocycles. The number of aromatic nitrogens is 1. The maximum absolute atomic E-state index is 12.0. The summed E-state index contributed by atoms with van der Waals surface area (Å²) in [5.41, 5.74) is 0.322. The Morgan fingerprint density at radius 3 is 2.58 bits per heavy atom. The molecule has 0 aliphatic heterocycles. The van der Waals surface area contributed by atoms with Gasteiger partial charge in [-0.3, -0.25) is 4.79 Å². The number of anilines is 1. The Labute approximate surface area is 161 Å². The van der Waals surface area contributed by atoms with Gasteiger partial charge in [-0.15, -0.1) is 0 Å². The Kier molecular flexibility index (Phi) is 7.69. The number of pyridine rings is 1. The van der Waals surface area contributed by atoms with Crippen LogP contribution in [0.15, 0.2) is 36.5 Å². The molecule has 0 spiro atoms. The van der Waals surface area contributed by atoms with Crippen LogP contribution in [0.3, 0.4) is 0 Å². The summed E-state index contributed by atoms with van der Waals surface area (Å²) in [5.74, 6) is -0.355. The van der Waals surface area contributed by atoms with E-state index in [4.69, 9.17) is 32.7 Å². The van der Waals surface area contributed by atoms with Crippen molar-refractivity contribution in [3.05, 3.63) is 52.1 Å². The number of amides is 1. The number of benzene rings is 1. The van der Waals surface area contributed by atoms with Crippen molar-refractivity contribution in [1.29, 1.82) is 0 Å². The maximum atomic E-state index is 12.0. The zero-order chi connectivity index (χ0) is 18.9. The normalized spacial score (nSPS) is 10.3. The Morgan fingerprint density at radius 2 is 1.92 bits per heavy atom. The smallest absolute Gasteiger partial charge is 0.338 e. The van der Waals surface area contributed by atoms with Gasteiger partial charge in [-0.05, 0) is 36.8 Å². The molecule has 0 unspecified atom stereocenters. The minimum atomic E-state index is -0.615. The molecule has 0 radical (unpaired) electrons. The zero-order valence-electron chi connectivity index (χ0n) is 14.1. The molecule has 2 aromatic rings. The molecule has 8 heteroatoms. The molecule has 0 saturated carbocycles. The van der Waals surface area contributed by atoms with Crippen LogP contribution in [0.25, 0.3) is 0 Å². The molecule has 0 atom stereocenters. The van der Waals surface area contributed by atoms with Crippen molar-refractivity contribution in [2.75, 3.05) is 18.5 Å². The summed E-state index contributed by atoms with van der Waals surface area (Å²) >= 11 is 11.6. The molecule has 0 aliphatic rings. The second-order valence-electron chi connectivity index (χ2n) is 5.33. The fraction of sp³-hybridized carbons (Fsp3) is 0.278. The predicted molar refractivity (Wildman–Crippen MR) is 100 cm³/mol. The Morgan fingerprint density at radius 1 is 1.19 bits per heavy atom. The molecular weight excluding hydrogens is 379 g/mol. The van der Waals surface area contributed by atoms with Crippen molar-refractivity contribution in [2.24, 2.45) is 0 Å². The first kappa shape index (κ1) is 20.0. The van der Waals surface area contributed by atoms with E-state index in [1.54, 1.807) is 24.3 Å². The summed E-state index contributed by atoms with van der Waals surface area (Å²) in [5, 5.41) is 2.98. The van der Waals surface area contributed by atoms with Gasteiger partial charge in [-0.2, -0.15) is 0 Å². The maximum Gasteiger partial charge on any atom is 0.338 e. The fourth-order valence-electron chi connectivity index (χ4n) is 1.91. The molecule has 1 aromatic heterocycles. The minimum Gasteiger partial charge on any atom is -0.494 e. The van der Waals surface area contributed by atoms with Crippen LogP contribution in [0.5, 0.6) is 5.75 Å². The van der Waals surface area contributed by atoms with Gasteiger partial charge in [0.05, 0.1) is 22.2 Å². The summed E-state index contributed by atoms with van der Waals surface area (Å²) in [6, 6.07) is 7.98. The number of ether oxygens (including phenoxy) is 2. The van der Waals surface area contributed by atoms with Gasteiger partial charge in [-0.25, -0.2) is 9.78 Å². The van der Waals surface area contributed by atoms with Crippen molar-refractivity contribution in [2.45, 2.75) is 19.8 Å². The number of nitrogens with zero attached hydrogens (tertiary/aromatic N) is 1. The van der Waals surface area contributed by atoms with E-state index < -0.39 is 18.5 Å². The second kappa shape index (κ2) is 9.99. The summed E-state index contributed by atoms with van der Waals surface area (Å²) in [7, 11) is 0. The van der Waals surface area contributed by atoms with Gasteiger partial charge in [-0.1, -0.05) is 36.5 Å². The third kappa shape index (κ3) is 6.20. The molecule has 2 rings (SSSR count). The summed E-state index contributed by atoms with van der Waals surface area (Å²) in [6.45, 7) is 2.24. The predicted octanol–water partition coefficient (Wildman–Crippen LogP) is 4.36. The first-order valence-electron chi connectivity index (χ1n) is 8.00. The Hall–Kier alpha value is -2.31. The first-order chi connectivity index (χ1) is 12.5. The number of carbonyl (C=O) groups excluding carboxylic acids is 2. The molecule has 6 nitrogen and oxygen atoms in total. The number of rotatable bonds is 8. The van der Waals surface area contributed by atoms with Gasteiger partial charge in [0.1, 0.15) is 5.75 Å². The molecule has 0 bridgehead atoms. The molecule has 0 fully saturated rings. The van der Waals surface area contributed by atoms with E-state index in [9.17, 15) is 9.59 Å². The van der Waals surface area contributed by atoms with Crippen molar-refractivity contribution >= 4 is 40.9 Å². The van der Waals surface area contributed by atoms with Crippen LogP contribution in [-0.2, 0) is 9.53 Å². The highest BCUT2D eigenvalue weighted by Gasteiger charge is 2.12. The van der Waals surface area contributed by atoms with Crippen molar-refractivity contribution in [3.8, 4) is 5.75 Å². The number of carbonyl (C=O) groups is 2. The van der Waals surface area contributed by atoms with Crippen LogP contribution in [0.1, 0.15) is 30.1 Å². The van der Waals surface area contributed by atoms with Crippen LogP contribution in [-0.4, -0.2) is 30.1 Å². The number of halogens is 2. The molecule has 0 saturated heterocycles. The first-order valence-corrected chi connectivity index (χ1v) is 8.76. The highest BCUT2D eigenvalue weighted by atomic mass is 35.5. The SMILES string of the molecule is CCCCOc1ccc(C(=O)OCC(=O)Nc2ncc(Cl)cc2Cl)cc1. The van der Waals surface area contributed by atoms with Gasteiger partial charge < -0.3 is 14.8 Å².